The largest absolute Gasteiger partial charge is 0.447 e. The van der Waals surface area contributed by atoms with Crippen molar-refractivity contribution in [2.75, 3.05) is 32.1 Å². The lowest BCUT2D eigenvalue weighted by Crippen LogP contribution is -2.71. The van der Waals surface area contributed by atoms with E-state index in [4.69, 9.17) is 21.4 Å². The van der Waals surface area contributed by atoms with Crippen molar-refractivity contribution in [1.29, 1.82) is 0 Å². The minimum absolute atomic E-state index is 0.000744. The molecule has 4 amide bonds. The summed E-state index contributed by atoms with van der Waals surface area (Å²) < 4.78 is 10.3. The second-order valence-electron chi connectivity index (χ2n) is 17.9. The normalized spacial score (nSPS) is 37.3. The molecule has 0 spiro atoms. The number of hydrogen-bond donors (Lipinski definition) is 6. The molecule has 6 rings (SSSR count). The summed E-state index contributed by atoms with van der Waals surface area (Å²) >= 11 is 1.44. The lowest BCUT2D eigenvalue weighted by Gasteiger charge is -2.63. The zero-order chi connectivity index (χ0) is 41.9. The Balaban J connectivity index is 1.01. The van der Waals surface area contributed by atoms with Crippen LogP contribution in [-0.4, -0.2) is 112 Å². The molecular formula is C41H61N7O9S. The van der Waals surface area contributed by atoms with Gasteiger partial charge in [0.1, 0.15) is 29.9 Å². The van der Waals surface area contributed by atoms with Crippen LogP contribution in [0.1, 0.15) is 91.9 Å². The zero-order valence-corrected chi connectivity index (χ0v) is 34.9. The van der Waals surface area contributed by atoms with Crippen LogP contribution in [0.15, 0.2) is 16.4 Å². The Morgan fingerprint density at radius 1 is 1.10 bits per heavy atom. The first-order valence-corrected chi connectivity index (χ1v) is 21.9. The average molecular weight is 828 g/mol. The number of β-lactam (4-membered cyclic amide) rings is 1. The van der Waals surface area contributed by atoms with E-state index in [1.807, 2.05) is 0 Å². The first-order chi connectivity index (χ1) is 27.6. The predicted molar refractivity (Wildman–Crippen MR) is 215 cm³/mol. The van der Waals surface area contributed by atoms with Crippen LogP contribution in [-0.2, 0) is 23.9 Å². The number of thioether (sulfide) groups is 1. The van der Waals surface area contributed by atoms with Crippen LogP contribution in [0.4, 0.5) is 4.79 Å². The molecule has 0 aromatic rings. The summed E-state index contributed by atoms with van der Waals surface area (Å²) in [4.78, 5) is 57.0. The molecule has 17 heteroatoms. The fourth-order valence-electron chi connectivity index (χ4n) is 11.8. The smallest absolute Gasteiger partial charge is 0.408 e. The number of hydrogen-bond acceptors (Lipinski definition) is 11. The number of amides is 4. The van der Waals surface area contributed by atoms with Crippen molar-refractivity contribution in [3.63, 3.8) is 0 Å². The summed E-state index contributed by atoms with van der Waals surface area (Å²) in [5, 5.41) is 44.9. The summed E-state index contributed by atoms with van der Waals surface area (Å²) in [6.45, 7) is 8.45. The lowest BCUT2D eigenvalue weighted by molar-refractivity contribution is -0.207. The topological polar surface area (TPSA) is 236 Å². The van der Waals surface area contributed by atoms with Crippen LogP contribution in [0.5, 0.6) is 0 Å². The van der Waals surface area contributed by atoms with Gasteiger partial charge in [-0.2, -0.15) is 0 Å². The Bertz CT molecular complexity index is 1700. The number of aliphatic hydroxyl groups is 3. The number of fused-ring (bicyclic) bond motifs is 6. The molecule has 1 saturated heterocycles. The number of carbonyl (C=O) groups is 4. The molecule has 2 heterocycles. The van der Waals surface area contributed by atoms with Crippen molar-refractivity contribution in [3.05, 3.63) is 21.7 Å². The number of terminal acetylenes is 1. The molecule has 4 aliphatic carbocycles. The SMILES string of the molecule is C#CCCOCCOC(=O)NC(CN=[N+]=[N-])NC(=O)C1=C(C)CSC2C(NC(=O)CC[C@@H](C)[C@H]3CC[C@H]4[C@@H]5[C@H](O)C[C@@H]6C[C@H](O)CC[C@]6(C)[C@H]5C[C@H](O)[C@]34C)C(=O)N12. The molecule has 3 unspecified atom stereocenters. The quantitative estimate of drug-likeness (QED) is 0.0267. The minimum Gasteiger partial charge on any atom is -0.447 e. The van der Waals surface area contributed by atoms with Gasteiger partial charge in [-0.25, -0.2) is 4.79 Å². The highest BCUT2D eigenvalue weighted by Gasteiger charge is 2.65. The van der Waals surface area contributed by atoms with E-state index < -0.39 is 47.7 Å². The molecule has 0 aromatic heterocycles. The number of azide groups is 1. The Kier molecular flexibility index (Phi) is 14.0. The van der Waals surface area contributed by atoms with Gasteiger partial charge in [0.2, 0.25) is 5.91 Å². The summed E-state index contributed by atoms with van der Waals surface area (Å²) in [5.74, 6) is 2.59. The van der Waals surface area contributed by atoms with E-state index in [-0.39, 0.29) is 90.2 Å². The highest BCUT2D eigenvalue weighted by molar-refractivity contribution is 8.00. The molecule has 0 radical (unpaired) electrons. The van der Waals surface area contributed by atoms with Gasteiger partial charge in [0.15, 0.2) is 0 Å². The van der Waals surface area contributed by atoms with Crippen molar-refractivity contribution in [3.8, 4) is 12.3 Å². The van der Waals surface area contributed by atoms with Gasteiger partial charge in [-0.1, -0.05) is 25.9 Å². The maximum atomic E-state index is 13.6. The van der Waals surface area contributed by atoms with Crippen molar-refractivity contribution in [2.24, 2.45) is 51.5 Å². The number of aliphatic hydroxyl groups excluding tert-OH is 3. The van der Waals surface area contributed by atoms with Gasteiger partial charge in [-0.3, -0.25) is 19.3 Å². The van der Waals surface area contributed by atoms with Crippen LogP contribution in [0.2, 0.25) is 0 Å². The van der Waals surface area contributed by atoms with Crippen molar-refractivity contribution < 1.29 is 44.0 Å². The minimum atomic E-state index is -1.13. The van der Waals surface area contributed by atoms with E-state index in [9.17, 15) is 34.5 Å². The Hall–Kier alpha value is -3.52. The molecule has 6 N–H and O–H groups in total. The van der Waals surface area contributed by atoms with Gasteiger partial charge >= 0.3 is 6.09 Å². The summed E-state index contributed by atoms with van der Waals surface area (Å²) in [6, 6.07) is -0.817. The number of nitrogens with zero attached hydrogens (tertiary/aromatic N) is 4. The number of carbonyl (C=O) groups excluding carboxylic acids is 4. The predicted octanol–water partition coefficient (Wildman–Crippen LogP) is 3.56. The number of ether oxygens (including phenoxy) is 2. The maximum absolute atomic E-state index is 13.6. The lowest BCUT2D eigenvalue weighted by atomic mass is 9.43. The molecule has 14 atom stereocenters. The molecule has 320 valence electrons. The van der Waals surface area contributed by atoms with Crippen LogP contribution < -0.4 is 16.0 Å². The summed E-state index contributed by atoms with van der Waals surface area (Å²) in [6.07, 6.45) is 8.71. The first-order valence-electron chi connectivity index (χ1n) is 20.9. The molecule has 16 nitrogen and oxygen atoms in total. The van der Waals surface area contributed by atoms with Gasteiger partial charge in [0.25, 0.3) is 11.8 Å². The number of alkyl carbamates (subject to hydrolysis) is 1. The molecule has 58 heavy (non-hydrogen) atoms. The summed E-state index contributed by atoms with van der Waals surface area (Å²) in [7, 11) is 0. The van der Waals surface area contributed by atoms with Crippen molar-refractivity contribution in [1.82, 2.24) is 20.9 Å². The van der Waals surface area contributed by atoms with E-state index in [1.54, 1.807) is 6.92 Å². The van der Waals surface area contributed by atoms with E-state index in [0.29, 0.717) is 43.6 Å². The third kappa shape index (κ3) is 8.56. The molecule has 6 aliphatic rings. The molecule has 0 bridgehead atoms. The Morgan fingerprint density at radius 3 is 2.62 bits per heavy atom. The van der Waals surface area contributed by atoms with Crippen molar-refractivity contribution in [2.45, 2.75) is 128 Å². The average Bonchev–Trinajstić information content (AvgIpc) is 3.55. The summed E-state index contributed by atoms with van der Waals surface area (Å²) in [5.41, 5.74) is 9.23. The van der Waals surface area contributed by atoms with Crippen molar-refractivity contribution >= 4 is 35.6 Å². The van der Waals surface area contributed by atoms with Gasteiger partial charge < -0.3 is 40.7 Å². The molecule has 5 fully saturated rings. The molecular weight excluding hydrogens is 767 g/mol. The highest BCUT2D eigenvalue weighted by Crippen LogP contribution is 2.68. The van der Waals surface area contributed by atoms with Gasteiger partial charge in [-0.05, 0) is 116 Å². The monoisotopic (exact) mass is 827 g/mol. The fraction of sp³-hybridized carbons (Fsp3) is 0.805. The Morgan fingerprint density at radius 2 is 1.88 bits per heavy atom. The first kappa shape index (κ1) is 44.0. The standard InChI is InChI=1S/C41H61N7O9S/c1-6-7-14-56-15-16-57-39(55)45-31(20-43-47-42)44-36(53)35-23(3)21-58-38-34(37(54)48(35)38)46-32(52)11-8-22(2)26-9-10-27-33-28(19-30(51)41(26,27)5)40(4)13-12-25(49)17-24(40)18-29(33)50/h1,22,24-31,33-34,38,49-51H,7-21H2,2-5H3,(H,44,53)(H,45,55)(H,46,52)/t22-,24+,25-,26-,27+,28+,29-,30+,31?,33+,34?,38?,40+,41-/m1/s1. The van der Waals surface area contributed by atoms with Crippen LogP contribution in [0.25, 0.3) is 10.4 Å². The van der Waals surface area contributed by atoms with Gasteiger partial charge in [0.05, 0.1) is 38.1 Å². The molecule has 0 aromatic carbocycles. The van der Waals surface area contributed by atoms with E-state index in [0.717, 1.165) is 32.1 Å². The third-order valence-corrected chi connectivity index (χ3v) is 16.2. The number of rotatable bonds is 15. The number of nitrogens with one attached hydrogen (secondary N) is 3. The zero-order valence-electron chi connectivity index (χ0n) is 34.1. The van der Waals surface area contributed by atoms with Crippen LogP contribution in [0.3, 0.4) is 0 Å². The third-order valence-electron chi connectivity index (χ3n) is 14.8. The molecule has 4 saturated carbocycles. The molecule has 2 aliphatic heterocycles. The van der Waals surface area contributed by atoms with Gasteiger partial charge in [0, 0.05) is 23.5 Å². The van der Waals surface area contributed by atoms with Crippen LogP contribution in [0, 0.1) is 58.7 Å². The highest BCUT2D eigenvalue weighted by atomic mass is 32.2. The maximum Gasteiger partial charge on any atom is 0.408 e. The van der Waals surface area contributed by atoms with E-state index in [2.05, 4.69) is 52.7 Å². The van der Waals surface area contributed by atoms with Crippen LogP contribution >= 0.6 is 11.8 Å². The second kappa shape index (κ2) is 18.4. The van der Waals surface area contributed by atoms with E-state index >= 15 is 0 Å². The van der Waals surface area contributed by atoms with Gasteiger partial charge in [-0.15, -0.1) is 24.1 Å². The van der Waals surface area contributed by atoms with E-state index in [1.165, 1.54) is 16.7 Å². The second-order valence-corrected chi connectivity index (χ2v) is 19.0. The fourth-order valence-corrected chi connectivity index (χ4v) is 13.1. The Labute approximate surface area is 345 Å².